The fourth-order valence-electron chi connectivity index (χ4n) is 1.67. The van der Waals surface area contributed by atoms with E-state index in [4.69, 9.17) is 4.74 Å². The van der Waals surface area contributed by atoms with E-state index in [1.165, 1.54) is 26.2 Å². The highest BCUT2D eigenvalue weighted by Crippen LogP contribution is 2.23. The highest BCUT2D eigenvalue weighted by molar-refractivity contribution is 7.89. The average molecular weight is 328 g/mol. The second-order valence-electron chi connectivity index (χ2n) is 5.70. The van der Waals surface area contributed by atoms with Crippen molar-refractivity contribution in [1.29, 1.82) is 0 Å². The zero-order valence-corrected chi connectivity index (χ0v) is 14.5. The Morgan fingerprint density at radius 1 is 1.32 bits per heavy atom. The number of amides is 1. The molecule has 1 aromatic carbocycles. The van der Waals surface area contributed by atoms with Crippen LogP contribution in [0.15, 0.2) is 23.1 Å². The SMILES string of the molecule is Cc1cc(S(=O)(=O)N(C)C)ccc1OCC(=O)NCC(C)C. The van der Waals surface area contributed by atoms with Crippen LogP contribution in [-0.2, 0) is 14.8 Å². The first-order valence-electron chi connectivity index (χ1n) is 7.07. The number of hydrogen-bond donors (Lipinski definition) is 1. The Morgan fingerprint density at radius 3 is 2.45 bits per heavy atom. The summed E-state index contributed by atoms with van der Waals surface area (Å²) in [6.45, 7) is 6.27. The molecular weight excluding hydrogens is 304 g/mol. The number of carbonyl (C=O) groups excluding carboxylic acids is 1. The van der Waals surface area contributed by atoms with Crippen LogP contribution in [0, 0.1) is 12.8 Å². The first-order valence-corrected chi connectivity index (χ1v) is 8.51. The minimum Gasteiger partial charge on any atom is -0.484 e. The predicted molar refractivity (Wildman–Crippen MR) is 85.4 cm³/mol. The lowest BCUT2D eigenvalue weighted by Gasteiger charge is -2.14. The van der Waals surface area contributed by atoms with Gasteiger partial charge >= 0.3 is 0 Å². The van der Waals surface area contributed by atoms with E-state index in [0.29, 0.717) is 23.8 Å². The van der Waals surface area contributed by atoms with Crippen LogP contribution in [0.4, 0.5) is 0 Å². The van der Waals surface area contributed by atoms with Crippen molar-refractivity contribution in [2.75, 3.05) is 27.2 Å². The van der Waals surface area contributed by atoms with Crippen molar-refractivity contribution < 1.29 is 17.9 Å². The summed E-state index contributed by atoms with van der Waals surface area (Å²) < 4.78 is 30.7. The van der Waals surface area contributed by atoms with E-state index < -0.39 is 10.0 Å². The van der Waals surface area contributed by atoms with Crippen LogP contribution in [0.1, 0.15) is 19.4 Å². The number of hydrogen-bond acceptors (Lipinski definition) is 4. The number of benzene rings is 1. The van der Waals surface area contributed by atoms with Gasteiger partial charge in [-0.1, -0.05) is 13.8 Å². The van der Waals surface area contributed by atoms with Crippen LogP contribution in [0.5, 0.6) is 5.75 Å². The predicted octanol–water partition coefficient (Wildman–Crippen LogP) is 1.40. The van der Waals surface area contributed by atoms with Gasteiger partial charge in [-0.3, -0.25) is 4.79 Å². The molecule has 0 radical (unpaired) electrons. The maximum atomic E-state index is 12.0. The van der Waals surface area contributed by atoms with Gasteiger partial charge in [-0.05, 0) is 36.6 Å². The van der Waals surface area contributed by atoms with E-state index in [0.717, 1.165) is 4.31 Å². The molecule has 0 aliphatic rings. The third-order valence-electron chi connectivity index (χ3n) is 2.99. The molecule has 1 N–H and O–H groups in total. The lowest BCUT2D eigenvalue weighted by Crippen LogP contribution is -2.31. The Hall–Kier alpha value is -1.60. The van der Waals surface area contributed by atoms with Crippen LogP contribution < -0.4 is 10.1 Å². The molecule has 124 valence electrons. The Morgan fingerprint density at radius 2 is 1.95 bits per heavy atom. The normalized spacial score (nSPS) is 11.8. The van der Waals surface area contributed by atoms with Crippen LogP contribution in [0.3, 0.4) is 0 Å². The molecule has 0 heterocycles. The minimum atomic E-state index is -3.47. The summed E-state index contributed by atoms with van der Waals surface area (Å²) in [6, 6.07) is 4.59. The van der Waals surface area contributed by atoms with Crippen LogP contribution in [0.25, 0.3) is 0 Å². The monoisotopic (exact) mass is 328 g/mol. The number of carbonyl (C=O) groups is 1. The first-order chi connectivity index (χ1) is 10.1. The van der Waals surface area contributed by atoms with Crippen molar-refractivity contribution in [3.63, 3.8) is 0 Å². The van der Waals surface area contributed by atoms with Gasteiger partial charge in [-0.15, -0.1) is 0 Å². The molecule has 1 aromatic rings. The lowest BCUT2D eigenvalue weighted by molar-refractivity contribution is -0.123. The van der Waals surface area contributed by atoms with Crippen LogP contribution in [0.2, 0.25) is 0 Å². The second kappa shape index (κ2) is 7.60. The zero-order chi connectivity index (χ0) is 16.9. The standard InChI is InChI=1S/C15H24N2O4S/c1-11(2)9-16-15(18)10-21-14-7-6-13(8-12(14)3)22(19,20)17(4)5/h6-8,11H,9-10H2,1-5H3,(H,16,18). The summed E-state index contributed by atoms with van der Waals surface area (Å²) in [6.07, 6.45) is 0. The smallest absolute Gasteiger partial charge is 0.257 e. The van der Waals surface area contributed by atoms with Gasteiger partial charge in [0.1, 0.15) is 5.75 Å². The zero-order valence-electron chi connectivity index (χ0n) is 13.7. The molecule has 0 atom stereocenters. The van der Waals surface area contributed by atoms with Crippen molar-refractivity contribution in [3.05, 3.63) is 23.8 Å². The second-order valence-corrected chi connectivity index (χ2v) is 7.85. The van der Waals surface area contributed by atoms with Gasteiger partial charge in [0, 0.05) is 20.6 Å². The van der Waals surface area contributed by atoms with Gasteiger partial charge in [-0.2, -0.15) is 0 Å². The summed E-state index contributed by atoms with van der Waals surface area (Å²) in [4.78, 5) is 11.8. The molecule has 0 spiro atoms. The molecule has 7 heteroatoms. The van der Waals surface area contributed by atoms with Gasteiger partial charge < -0.3 is 10.1 Å². The van der Waals surface area contributed by atoms with E-state index in [2.05, 4.69) is 5.32 Å². The van der Waals surface area contributed by atoms with E-state index in [1.54, 1.807) is 13.0 Å². The Bertz CT molecular complexity index is 624. The summed E-state index contributed by atoms with van der Waals surface area (Å²) in [7, 11) is -0.506. The molecule has 0 aromatic heterocycles. The fourth-order valence-corrected chi connectivity index (χ4v) is 2.65. The summed E-state index contributed by atoms with van der Waals surface area (Å²) in [5.41, 5.74) is 0.666. The van der Waals surface area contributed by atoms with Gasteiger partial charge in [0.15, 0.2) is 6.61 Å². The van der Waals surface area contributed by atoms with Crippen molar-refractivity contribution in [2.45, 2.75) is 25.7 Å². The third-order valence-corrected chi connectivity index (χ3v) is 4.80. The van der Waals surface area contributed by atoms with Gasteiger partial charge in [-0.25, -0.2) is 12.7 Å². The molecule has 0 aliphatic carbocycles. The van der Waals surface area contributed by atoms with Crippen molar-refractivity contribution in [1.82, 2.24) is 9.62 Å². The van der Waals surface area contributed by atoms with E-state index in [9.17, 15) is 13.2 Å². The fraction of sp³-hybridized carbons (Fsp3) is 0.533. The van der Waals surface area contributed by atoms with Crippen LogP contribution >= 0.6 is 0 Å². The van der Waals surface area contributed by atoms with E-state index in [1.807, 2.05) is 13.8 Å². The molecule has 0 saturated heterocycles. The van der Waals surface area contributed by atoms with Crippen LogP contribution in [-0.4, -0.2) is 45.9 Å². The quantitative estimate of drug-likeness (QED) is 0.821. The Kier molecular flexibility index (Phi) is 6.37. The number of aryl methyl sites for hydroxylation is 1. The third kappa shape index (κ3) is 4.99. The maximum absolute atomic E-state index is 12.0. The maximum Gasteiger partial charge on any atom is 0.257 e. The Labute approximate surface area is 132 Å². The summed E-state index contributed by atoms with van der Waals surface area (Å²) >= 11 is 0. The summed E-state index contributed by atoms with van der Waals surface area (Å²) in [5.74, 6) is 0.678. The topological polar surface area (TPSA) is 75.7 Å². The molecule has 0 fully saturated rings. The minimum absolute atomic E-state index is 0.0899. The van der Waals surface area contributed by atoms with E-state index in [-0.39, 0.29) is 17.4 Å². The van der Waals surface area contributed by atoms with Crippen molar-refractivity contribution in [3.8, 4) is 5.75 Å². The van der Waals surface area contributed by atoms with Gasteiger partial charge in [0.25, 0.3) is 5.91 Å². The molecule has 0 bridgehead atoms. The van der Waals surface area contributed by atoms with Crippen molar-refractivity contribution in [2.24, 2.45) is 5.92 Å². The van der Waals surface area contributed by atoms with Gasteiger partial charge in [0.05, 0.1) is 4.90 Å². The number of nitrogens with one attached hydrogen (secondary N) is 1. The highest BCUT2D eigenvalue weighted by atomic mass is 32.2. The largest absolute Gasteiger partial charge is 0.484 e. The Balaban J connectivity index is 2.73. The molecule has 0 saturated carbocycles. The van der Waals surface area contributed by atoms with E-state index >= 15 is 0 Å². The molecule has 1 amide bonds. The molecule has 1 rings (SSSR count). The lowest BCUT2D eigenvalue weighted by atomic mass is 10.2. The van der Waals surface area contributed by atoms with Gasteiger partial charge in [0.2, 0.25) is 10.0 Å². The molecule has 6 nitrogen and oxygen atoms in total. The molecule has 0 aliphatic heterocycles. The number of rotatable bonds is 7. The molecule has 0 unspecified atom stereocenters. The first kappa shape index (κ1) is 18.4. The van der Waals surface area contributed by atoms with Crippen molar-refractivity contribution >= 4 is 15.9 Å². The molecular formula is C15H24N2O4S. The molecule has 22 heavy (non-hydrogen) atoms. The summed E-state index contributed by atoms with van der Waals surface area (Å²) in [5, 5.41) is 2.76. The number of sulfonamides is 1. The number of ether oxygens (including phenoxy) is 1. The number of nitrogens with zero attached hydrogens (tertiary/aromatic N) is 1. The highest BCUT2D eigenvalue weighted by Gasteiger charge is 2.18. The average Bonchev–Trinajstić information content (AvgIpc) is 2.43.